The molecule has 2 aromatic rings. The Labute approximate surface area is 322 Å². The van der Waals surface area contributed by atoms with Gasteiger partial charge in [0.2, 0.25) is 10.4 Å². The minimum Gasteiger partial charge on any atom is -0.744 e. The van der Waals surface area contributed by atoms with Crippen LogP contribution in [0.15, 0.2) is 35.2 Å². The van der Waals surface area contributed by atoms with E-state index in [1.165, 1.54) is 44.9 Å². The maximum atomic E-state index is 11.9. The van der Waals surface area contributed by atoms with E-state index in [-0.39, 0.29) is 106 Å². The SMILES string of the molecule is CC(C)Cc1cc2ccccc2c(S(=O)(=O)[O-])c1CC(C)C.CCCCCCCCCCCCOS(=O)(=O)[O-].[Na+].[Na+].[Na+]. The van der Waals surface area contributed by atoms with E-state index in [1.54, 1.807) is 12.1 Å². The van der Waals surface area contributed by atoms with Crippen LogP contribution in [-0.4, -0.2) is 32.5 Å². The first-order valence-corrected chi connectivity index (χ1v) is 17.1. The van der Waals surface area contributed by atoms with Gasteiger partial charge in [0.15, 0.2) is 0 Å². The Bertz CT molecular complexity index is 1200. The van der Waals surface area contributed by atoms with Crippen LogP contribution in [0.25, 0.3) is 10.8 Å². The van der Waals surface area contributed by atoms with E-state index in [0.29, 0.717) is 29.7 Å². The smallest absolute Gasteiger partial charge is 0.744 e. The van der Waals surface area contributed by atoms with Crippen molar-refractivity contribution in [1.29, 1.82) is 0 Å². The summed E-state index contributed by atoms with van der Waals surface area (Å²) < 4.78 is 70.3. The van der Waals surface area contributed by atoms with Gasteiger partial charge in [-0.2, -0.15) is 0 Å². The number of hydrogen-bond donors (Lipinski definition) is 0. The molecule has 0 radical (unpaired) electrons. The summed E-state index contributed by atoms with van der Waals surface area (Å²) in [5, 5.41) is 1.36. The van der Waals surface area contributed by atoms with Gasteiger partial charge in [-0.05, 0) is 53.0 Å². The van der Waals surface area contributed by atoms with Gasteiger partial charge in [0.05, 0.1) is 11.5 Å². The van der Waals surface area contributed by atoms with Crippen molar-refractivity contribution in [2.45, 2.75) is 117 Å². The van der Waals surface area contributed by atoms with Crippen molar-refractivity contribution < 1.29 is 119 Å². The summed E-state index contributed by atoms with van der Waals surface area (Å²) in [6.07, 6.45) is 13.1. The summed E-state index contributed by atoms with van der Waals surface area (Å²) in [6.45, 7) is 10.5. The maximum Gasteiger partial charge on any atom is 1.00 e. The molecule has 0 aromatic heterocycles. The minimum absolute atomic E-state index is 0. The third-order valence-electron chi connectivity index (χ3n) is 6.41. The molecule has 0 aliphatic carbocycles. The molecule has 0 bridgehead atoms. The van der Waals surface area contributed by atoms with Gasteiger partial charge >= 0.3 is 88.7 Å². The fourth-order valence-corrected chi connectivity index (χ4v) is 6.00. The summed E-state index contributed by atoms with van der Waals surface area (Å²) in [6, 6.07) is 9.28. The molecule has 0 N–H and O–H groups in total. The van der Waals surface area contributed by atoms with E-state index < -0.39 is 20.5 Å². The molecule has 0 saturated heterocycles. The zero-order valence-corrected chi connectivity index (χ0v) is 35.0. The van der Waals surface area contributed by atoms with Crippen molar-refractivity contribution in [3.63, 3.8) is 0 Å². The van der Waals surface area contributed by atoms with Crippen molar-refractivity contribution in [3.05, 3.63) is 41.5 Å². The van der Waals surface area contributed by atoms with Gasteiger partial charge in [-0.15, -0.1) is 0 Å². The molecule has 2 rings (SSSR count). The normalized spacial score (nSPS) is 11.4. The van der Waals surface area contributed by atoms with Gasteiger partial charge in [-0.1, -0.05) is 123 Å². The summed E-state index contributed by atoms with van der Waals surface area (Å²) in [5.74, 6) is 0.682. The van der Waals surface area contributed by atoms with Crippen LogP contribution >= 0.6 is 0 Å². The molecule has 0 fully saturated rings. The summed E-state index contributed by atoms with van der Waals surface area (Å²) >= 11 is 0. The molecule has 0 saturated carbocycles. The van der Waals surface area contributed by atoms with Crippen molar-refractivity contribution in [3.8, 4) is 0 Å². The zero-order chi connectivity index (χ0) is 29.5. The van der Waals surface area contributed by atoms with Crippen LogP contribution in [-0.2, 0) is 37.5 Å². The van der Waals surface area contributed by atoms with E-state index in [0.717, 1.165) is 30.2 Å². The second kappa shape index (κ2) is 25.6. The quantitative estimate of drug-likeness (QED) is 0.0885. The average Bonchev–Trinajstić information content (AvgIpc) is 2.81. The topological polar surface area (TPSA) is 124 Å². The monoisotopic (exact) mass is 653 g/mol. The third kappa shape index (κ3) is 21.3. The fourth-order valence-electron chi connectivity index (χ4n) is 4.70. The van der Waals surface area contributed by atoms with Crippen LogP contribution in [0.2, 0.25) is 0 Å². The largest absolute Gasteiger partial charge is 1.00 e. The summed E-state index contributed by atoms with van der Waals surface area (Å²) in [7, 11) is -9.00. The van der Waals surface area contributed by atoms with Crippen molar-refractivity contribution in [2.75, 3.05) is 6.61 Å². The molecular weight excluding hydrogens is 605 g/mol. The van der Waals surface area contributed by atoms with Crippen LogP contribution in [0.1, 0.15) is 110 Å². The molecule has 0 heterocycles. The van der Waals surface area contributed by atoms with E-state index >= 15 is 0 Å². The molecule has 0 aliphatic rings. The molecule has 0 atom stereocenters. The molecule has 0 spiro atoms. The third-order valence-corrected chi connectivity index (χ3v) is 7.83. The Kier molecular flexibility index (Phi) is 29.1. The summed E-state index contributed by atoms with van der Waals surface area (Å²) in [4.78, 5) is -0.0186. The number of benzene rings is 2. The molecular formula is C30H48Na3O7S2+. The van der Waals surface area contributed by atoms with Gasteiger partial charge in [-0.3, -0.25) is 4.18 Å². The van der Waals surface area contributed by atoms with E-state index in [2.05, 4.69) is 25.0 Å². The van der Waals surface area contributed by atoms with Gasteiger partial charge in [0, 0.05) is 0 Å². The minimum atomic E-state index is -4.51. The zero-order valence-electron chi connectivity index (χ0n) is 27.4. The van der Waals surface area contributed by atoms with Crippen molar-refractivity contribution in [1.82, 2.24) is 0 Å². The second-order valence-corrected chi connectivity index (χ2v) is 13.5. The number of hydrogen-bond acceptors (Lipinski definition) is 7. The van der Waals surface area contributed by atoms with Crippen LogP contribution < -0.4 is 88.7 Å². The molecule has 42 heavy (non-hydrogen) atoms. The van der Waals surface area contributed by atoms with Crippen molar-refractivity contribution >= 4 is 31.3 Å². The Morgan fingerprint density at radius 3 is 1.64 bits per heavy atom. The molecule has 7 nitrogen and oxygen atoms in total. The Hall–Kier alpha value is 1.48. The molecule has 0 unspecified atom stereocenters. The van der Waals surface area contributed by atoms with Gasteiger partial charge in [0.25, 0.3) is 0 Å². The van der Waals surface area contributed by atoms with Gasteiger partial charge < -0.3 is 9.11 Å². The number of rotatable bonds is 17. The summed E-state index contributed by atoms with van der Waals surface area (Å²) in [5.41, 5.74) is 1.69. The predicted molar refractivity (Wildman–Crippen MR) is 156 cm³/mol. The first-order valence-electron chi connectivity index (χ1n) is 14.4. The second-order valence-electron chi connectivity index (χ2n) is 11.1. The van der Waals surface area contributed by atoms with E-state index in [4.69, 9.17) is 0 Å². The predicted octanol–water partition coefficient (Wildman–Crippen LogP) is -1.46. The standard InChI is InChI=1S/C18H24O3S.C12H26O4S.3Na/c1-12(2)9-15-11-14-7-5-6-8-16(14)18(22(19,20)21)17(15)10-13(3)4;1-2-3-4-5-6-7-8-9-10-11-12-16-17(13,14)15;;;/h5-8,11-13H,9-10H2,1-4H3,(H,19,20,21);2-12H2,1H3,(H,13,14,15);;;/q;;3*+1/p-2. The Morgan fingerprint density at radius 2 is 1.19 bits per heavy atom. The molecule has 0 aliphatic heterocycles. The Balaban J connectivity index is -0.000000698. The van der Waals surface area contributed by atoms with E-state index in [9.17, 15) is 25.9 Å². The van der Waals surface area contributed by atoms with Crippen LogP contribution in [0.4, 0.5) is 0 Å². The van der Waals surface area contributed by atoms with Crippen LogP contribution in [0.3, 0.4) is 0 Å². The van der Waals surface area contributed by atoms with Gasteiger partial charge in [0.1, 0.15) is 10.1 Å². The maximum absolute atomic E-state index is 11.9. The number of unbranched alkanes of at least 4 members (excludes halogenated alkanes) is 9. The van der Waals surface area contributed by atoms with Gasteiger partial charge in [-0.25, -0.2) is 16.8 Å². The first kappa shape index (κ1) is 47.9. The molecule has 12 heteroatoms. The molecule has 224 valence electrons. The molecule has 0 amide bonds. The Morgan fingerprint density at radius 1 is 0.714 bits per heavy atom. The molecule has 2 aromatic carbocycles. The average molecular weight is 654 g/mol. The number of fused-ring (bicyclic) bond motifs is 1. The van der Waals surface area contributed by atoms with Crippen molar-refractivity contribution in [2.24, 2.45) is 11.8 Å². The van der Waals surface area contributed by atoms with Crippen LogP contribution in [0.5, 0.6) is 0 Å². The fraction of sp³-hybridized carbons (Fsp3) is 0.667. The first-order chi connectivity index (χ1) is 18.3. The van der Waals surface area contributed by atoms with Crippen LogP contribution in [0, 0.1) is 11.8 Å². The van der Waals surface area contributed by atoms with E-state index in [1.807, 2.05) is 32.0 Å².